The van der Waals surface area contributed by atoms with Crippen molar-refractivity contribution < 1.29 is 22.4 Å². The van der Waals surface area contributed by atoms with E-state index >= 15 is 4.39 Å². The molecule has 0 bridgehead atoms. The molecule has 4 aromatic rings. The maximum Gasteiger partial charge on any atom is 0.420 e. The fraction of sp³-hybridized carbons (Fsp3) is 0.0455. The van der Waals surface area contributed by atoms with Crippen molar-refractivity contribution in [2.75, 3.05) is 5.73 Å². The largest absolute Gasteiger partial charge is 0.420 e. The number of rotatable bonds is 4. The van der Waals surface area contributed by atoms with Gasteiger partial charge in [0.25, 0.3) is 0 Å². The quantitative estimate of drug-likeness (QED) is 0.225. The van der Waals surface area contributed by atoms with Crippen LogP contribution in [-0.4, -0.2) is 30.9 Å². The van der Waals surface area contributed by atoms with Gasteiger partial charge in [-0.2, -0.15) is 23.4 Å². The van der Waals surface area contributed by atoms with Gasteiger partial charge in [0.2, 0.25) is 5.91 Å². The molecule has 0 atom stereocenters. The highest BCUT2D eigenvalue weighted by Crippen LogP contribution is 2.46. The second-order valence-corrected chi connectivity index (χ2v) is 7.88. The monoisotopic (exact) mass is 535 g/mol. The van der Waals surface area contributed by atoms with Crippen molar-refractivity contribution >= 4 is 34.8 Å². The Kier molecular flexibility index (Phi) is 6.30. The molecule has 1 amide bonds. The molecule has 0 fully saturated rings. The van der Waals surface area contributed by atoms with Crippen molar-refractivity contribution in [3.8, 4) is 40.4 Å². The minimum Gasteiger partial charge on any atom is -0.396 e. The second-order valence-electron chi connectivity index (χ2n) is 7.14. The number of carbonyl (C=O) groups is 1. The first-order valence-corrected chi connectivity index (χ1v) is 10.4. The third kappa shape index (κ3) is 4.19. The fourth-order valence-electron chi connectivity index (χ4n) is 3.49. The number of carbonyl (C=O) groups excluding carboxylic acids is 1. The van der Waals surface area contributed by atoms with Crippen LogP contribution in [0.15, 0.2) is 36.9 Å². The average molecular weight is 536 g/mol. The molecule has 14 heteroatoms. The molecular weight excluding hydrogens is 525 g/mol. The molecule has 0 spiro atoms. The minimum absolute atomic E-state index is 0.0405. The van der Waals surface area contributed by atoms with E-state index in [1.54, 1.807) is 0 Å². The molecule has 0 aliphatic carbocycles. The van der Waals surface area contributed by atoms with Gasteiger partial charge in [0.1, 0.15) is 11.4 Å². The topological polar surface area (TPSA) is 126 Å². The molecule has 0 unspecified atom stereocenters. The first-order chi connectivity index (χ1) is 17.0. The van der Waals surface area contributed by atoms with Crippen molar-refractivity contribution in [1.29, 1.82) is 0 Å². The second kappa shape index (κ2) is 9.10. The van der Waals surface area contributed by atoms with Crippen LogP contribution in [0.2, 0.25) is 10.2 Å². The first kappa shape index (κ1) is 24.9. The lowest BCUT2D eigenvalue weighted by Crippen LogP contribution is -2.15. The molecule has 1 aromatic carbocycles. The summed E-state index contributed by atoms with van der Waals surface area (Å²) in [5, 5.41) is 6.64. The van der Waals surface area contributed by atoms with Gasteiger partial charge in [-0.15, -0.1) is 11.2 Å². The first-order valence-electron chi connectivity index (χ1n) is 9.62. The van der Waals surface area contributed by atoms with Gasteiger partial charge in [-0.25, -0.2) is 14.4 Å². The van der Waals surface area contributed by atoms with Crippen molar-refractivity contribution in [3.63, 3.8) is 0 Å². The molecule has 0 saturated heterocycles. The Labute approximate surface area is 209 Å². The average Bonchev–Trinajstić information content (AvgIpc) is 3.36. The number of hydrogen-bond acceptors (Lipinski definition) is 6. The summed E-state index contributed by atoms with van der Waals surface area (Å²) in [5.41, 5.74) is 7.95. The molecule has 3 aromatic heterocycles. The number of amides is 1. The van der Waals surface area contributed by atoms with Gasteiger partial charge in [0, 0.05) is 34.6 Å². The summed E-state index contributed by atoms with van der Waals surface area (Å²) in [4.78, 5) is 20.3. The normalized spacial score (nSPS) is 11.4. The van der Waals surface area contributed by atoms with Crippen LogP contribution in [0.5, 0.6) is 0 Å². The number of hydrogen-bond donors (Lipinski definition) is 2. The van der Waals surface area contributed by atoms with Gasteiger partial charge in [-0.3, -0.25) is 4.79 Å². The summed E-state index contributed by atoms with van der Waals surface area (Å²) >= 11 is 12.4. The van der Waals surface area contributed by atoms with Gasteiger partial charge in [0.05, 0.1) is 34.2 Å². The maximum atomic E-state index is 15.6. The lowest BCUT2D eigenvalue weighted by atomic mass is 9.89. The van der Waals surface area contributed by atoms with Crippen LogP contribution < -0.4 is 11.5 Å². The van der Waals surface area contributed by atoms with Gasteiger partial charge < -0.3 is 11.5 Å². The van der Waals surface area contributed by atoms with Crippen LogP contribution in [0.1, 0.15) is 21.5 Å². The van der Waals surface area contributed by atoms with Crippen LogP contribution in [0.4, 0.5) is 23.2 Å². The highest BCUT2D eigenvalue weighted by molar-refractivity contribution is 6.37. The number of alkyl halides is 3. The molecule has 4 N–H and O–H groups in total. The Morgan fingerprint density at radius 2 is 1.72 bits per heavy atom. The van der Waals surface area contributed by atoms with Crippen LogP contribution in [-0.2, 0) is 6.18 Å². The van der Waals surface area contributed by atoms with Gasteiger partial charge in [-0.1, -0.05) is 29.1 Å². The predicted molar refractivity (Wildman–Crippen MR) is 124 cm³/mol. The highest BCUT2D eigenvalue weighted by Gasteiger charge is 2.37. The highest BCUT2D eigenvalue weighted by atomic mass is 35.5. The Morgan fingerprint density at radius 1 is 1.06 bits per heavy atom. The molecular formula is C22H11Cl2F4N7O. The van der Waals surface area contributed by atoms with Gasteiger partial charge in [-0.05, 0) is 12.1 Å². The van der Waals surface area contributed by atoms with E-state index in [4.69, 9.17) is 41.1 Å². The van der Waals surface area contributed by atoms with E-state index in [0.29, 0.717) is 10.9 Å². The SMILES string of the molecule is C#Cc1cnc(Cl)c(N)c1-c1c(F)cc(C(N)=O)c(Cl)c1-c1cnc(-n2nccn2)c(C(F)(F)F)c1. The minimum atomic E-state index is -4.94. The Morgan fingerprint density at radius 3 is 2.31 bits per heavy atom. The number of benzene rings is 1. The molecule has 0 radical (unpaired) electrons. The third-order valence-corrected chi connectivity index (χ3v) is 5.72. The van der Waals surface area contributed by atoms with Crippen LogP contribution in [0.25, 0.3) is 28.1 Å². The molecule has 4 rings (SSSR count). The number of primary amides is 1. The van der Waals surface area contributed by atoms with Crippen LogP contribution >= 0.6 is 23.2 Å². The summed E-state index contributed by atoms with van der Waals surface area (Å²) in [5.74, 6) is -0.631. The zero-order valence-corrected chi connectivity index (χ0v) is 19.1. The Balaban J connectivity index is 2.15. The van der Waals surface area contributed by atoms with Crippen LogP contribution in [0.3, 0.4) is 0 Å². The third-order valence-electron chi connectivity index (χ3n) is 5.02. The number of terminal acetylenes is 1. The van der Waals surface area contributed by atoms with Crippen molar-refractivity contribution in [2.45, 2.75) is 6.18 Å². The number of halogens is 6. The predicted octanol–water partition coefficient (Wildman–Crippen LogP) is 4.52. The summed E-state index contributed by atoms with van der Waals surface area (Å²) in [7, 11) is 0. The standard InChI is InChI=1S/C22H11Cl2F4N7O/c1-2-9-7-31-19(24)18(29)15(9)16-13(25)6-11(20(30)36)17(23)14(16)10-5-12(22(26,27)28)21(32-8-10)35-33-3-4-34-35/h1,3-8H,29H2,(H2,30,36). The number of nitrogens with zero attached hydrogens (tertiary/aromatic N) is 5. The van der Waals surface area contributed by atoms with E-state index in [-0.39, 0.29) is 33.1 Å². The summed E-state index contributed by atoms with van der Waals surface area (Å²) in [6.45, 7) is 0. The van der Waals surface area contributed by atoms with E-state index in [1.165, 1.54) is 0 Å². The van der Waals surface area contributed by atoms with Crippen molar-refractivity contribution in [2.24, 2.45) is 5.73 Å². The number of aromatic nitrogens is 5. The fourth-order valence-corrected chi connectivity index (χ4v) is 3.99. The summed E-state index contributed by atoms with van der Waals surface area (Å²) in [6.07, 6.45) is 4.99. The number of nitrogen functional groups attached to an aromatic ring is 1. The van der Waals surface area contributed by atoms with Gasteiger partial charge >= 0.3 is 6.18 Å². The van der Waals surface area contributed by atoms with Gasteiger partial charge in [0.15, 0.2) is 11.0 Å². The van der Waals surface area contributed by atoms with Crippen molar-refractivity contribution in [1.82, 2.24) is 25.0 Å². The molecule has 0 aliphatic rings. The molecule has 8 nitrogen and oxygen atoms in total. The number of pyridine rings is 2. The van der Waals surface area contributed by atoms with Crippen LogP contribution in [0, 0.1) is 18.2 Å². The smallest absolute Gasteiger partial charge is 0.396 e. The lowest BCUT2D eigenvalue weighted by molar-refractivity contribution is -0.137. The Bertz CT molecular complexity index is 1560. The summed E-state index contributed by atoms with van der Waals surface area (Å²) in [6, 6.07) is 1.37. The maximum absolute atomic E-state index is 15.6. The Hall–Kier alpha value is -4.21. The zero-order valence-electron chi connectivity index (χ0n) is 17.6. The van der Waals surface area contributed by atoms with E-state index in [1.807, 2.05) is 0 Å². The molecule has 36 heavy (non-hydrogen) atoms. The van der Waals surface area contributed by atoms with E-state index in [9.17, 15) is 18.0 Å². The number of nitrogens with two attached hydrogens (primary N) is 2. The lowest BCUT2D eigenvalue weighted by Gasteiger charge is -2.20. The zero-order chi connectivity index (χ0) is 26.4. The van der Waals surface area contributed by atoms with E-state index in [0.717, 1.165) is 30.9 Å². The molecule has 0 saturated carbocycles. The molecule has 0 aliphatic heterocycles. The van der Waals surface area contributed by atoms with E-state index < -0.39 is 45.4 Å². The van der Waals surface area contributed by atoms with E-state index in [2.05, 4.69) is 26.1 Å². The van der Waals surface area contributed by atoms with Crippen molar-refractivity contribution in [3.05, 3.63) is 69.6 Å². The number of anilines is 1. The molecule has 3 heterocycles. The molecule has 182 valence electrons. The summed E-state index contributed by atoms with van der Waals surface area (Å²) < 4.78 is 57.6.